The average molecular weight is 254 g/mol. The van der Waals surface area contributed by atoms with Crippen molar-refractivity contribution in [2.24, 2.45) is 5.73 Å². The lowest BCUT2D eigenvalue weighted by Gasteiger charge is -2.05. The molecule has 0 saturated carbocycles. The normalized spacial score (nSPS) is 9.53. The highest BCUT2D eigenvalue weighted by Crippen LogP contribution is 2.07. The van der Waals surface area contributed by atoms with Crippen LogP contribution in [0.1, 0.15) is 21.5 Å². The summed E-state index contributed by atoms with van der Waals surface area (Å²) in [4.78, 5) is 12.1. The van der Waals surface area contributed by atoms with Gasteiger partial charge in [0.05, 0.1) is 18.3 Å². The van der Waals surface area contributed by atoms with E-state index in [1.807, 2.05) is 6.07 Å². The summed E-state index contributed by atoms with van der Waals surface area (Å²) in [6, 6.07) is 7.19. The second-order valence-corrected chi connectivity index (χ2v) is 3.84. The zero-order valence-corrected chi connectivity index (χ0v) is 10.3. The van der Waals surface area contributed by atoms with Gasteiger partial charge in [-0.3, -0.25) is 9.89 Å². The Morgan fingerprint density at radius 3 is 3.00 bits per heavy atom. The highest BCUT2D eigenvalue weighted by molar-refractivity contribution is 5.96. The van der Waals surface area contributed by atoms with Crippen LogP contribution in [0.25, 0.3) is 0 Å². The number of aromatic amines is 1. The van der Waals surface area contributed by atoms with Crippen LogP contribution in [0.3, 0.4) is 0 Å². The standard InChI is InChI=1S/C14H14N4O/c15-7-3-5-12-4-1-2-6-13(12)14(19)16-8-11-9-17-18-10-11/h1-2,4,6,9-10H,7-8,15H2,(H,16,19)(H,17,18). The molecule has 2 rings (SSSR count). The Kier molecular flexibility index (Phi) is 4.32. The molecule has 1 aromatic carbocycles. The van der Waals surface area contributed by atoms with Crippen molar-refractivity contribution in [1.82, 2.24) is 15.5 Å². The largest absolute Gasteiger partial charge is 0.348 e. The lowest BCUT2D eigenvalue weighted by Crippen LogP contribution is -2.23. The van der Waals surface area contributed by atoms with E-state index in [1.54, 1.807) is 30.6 Å². The molecule has 0 saturated heterocycles. The average Bonchev–Trinajstić information content (AvgIpc) is 2.96. The number of amides is 1. The van der Waals surface area contributed by atoms with Crippen LogP contribution in [0.15, 0.2) is 36.7 Å². The molecule has 0 aliphatic heterocycles. The predicted molar refractivity (Wildman–Crippen MR) is 72.1 cm³/mol. The number of benzene rings is 1. The molecule has 1 amide bonds. The number of hydrogen-bond donors (Lipinski definition) is 3. The molecule has 0 fully saturated rings. The fraction of sp³-hybridized carbons (Fsp3) is 0.143. The summed E-state index contributed by atoms with van der Waals surface area (Å²) in [7, 11) is 0. The summed E-state index contributed by atoms with van der Waals surface area (Å²) >= 11 is 0. The smallest absolute Gasteiger partial charge is 0.252 e. The number of nitrogens with one attached hydrogen (secondary N) is 2. The van der Waals surface area contributed by atoms with Crippen LogP contribution in [0.4, 0.5) is 0 Å². The van der Waals surface area contributed by atoms with Crippen molar-refractivity contribution in [2.75, 3.05) is 6.54 Å². The lowest BCUT2D eigenvalue weighted by molar-refractivity contribution is 0.0950. The van der Waals surface area contributed by atoms with Crippen molar-refractivity contribution in [3.63, 3.8) is 0 Å². The molecule has 1 heterocycles. The number of aromatic nitrogens is 2. The second kappa shape index (κ2) is 6.38. The maximum absolute atomic E-state index is 12.1. The zero-order chi connectivity index (χ0) is 13.5. The molecule has 2 aromatic rings. The molecular formula is C14H14N4O. The molecule has 0 unspecified atom stereocenters. The Morgan fingerprint density at radius 1 is 1.42 bits per heavy atom. The van der Waals surface area contributed by atoms with Crippen molar-refractivity contribution >= 4 is 5.91 Å². The number of hydrogen-bond acceptors (Lipinski definition) is 3. The number of nitrogens with zero attached hydrogens (tertiary/aromatic N) is 1. The Morgan fingerprint density at radius 2 is 2.26 bits per heavy atom. The van der Waals surface area contributed by atoms with Gasteiger partial charge >= 0.3 is 0 Å². The summed E-state index contributed by atoms with van der Waals surface area (Å²) < 4.78 is 0. The molecule has 5 heteroatoms. The highest BCUT2D eigenvalue weighted by Gasteiger charge is 2.09. The van der Waals surface area contributed by atoms with Crippen molar-refractivity contribution in [3.8, 4) is 11.8 Å². The number of rotatable bonds is 3. The molecule has 1 aromatic heterocycles. The third-order valence-electron chi connectivity index (χ3n) is 2.50. The Bertz CT molecular complexity index is 608. The van der Waals surface area contributed by atoms with Gasteiger partial charge in [0.2, 0.25) is 0 Å². The van der Waals surface area contributed by atoms with Crippen molar-refractivity contribution in [1.29, 1.82) is 0 Å². The molecule has 0 spiro atoms. The number of nitrogens with two attached hydrogens (primary N) is 1. The van der Waals surface area contributed by atoms with Crippen molar-refractivity contribution in [2.45, 2.75) is 6.54 Å². The summed E-state index contributed by atoms with van der Waals surface area (Å²) in [5.41, 5.74) is 7.48. The van der Waals surface area contributed by atoms with Gasteiger partial charge in [0, 0.05) is 23.9 Å². The number of carbonyl (C=O) groups excluding carboxylic acids is 1. The zero-order valence-electron chi connectivity index (χ0n) is 10.3. The minimum absolute atomic E-state index is 0.164. The minimum atomic E-state index is -0.164. The summed E-state index contributed by atoms with van der Waals surface area (Å²) in [5, 5.41) is 9.33. The van der Waals surface area contributed by atoms with Crippen LogP contribution in [-0.2, 0) is 6.54 Å². The van der Waals surface area contributed by atoms with Gasteiger partial charge in [-0.25, -0.2) is 0 Å². The monoisotopic (exact) mass is 254 g/mol. The molecule has 0 aliphatic rings. The van der Waals surface area contributed by atoms with E-state index in [9.17, 15) is 4.79 Å². The SMILES string of the molecule is NCC#Cc1ccccc1C(=O)NCc1cn[nH]c1. The van der Waals surface area contributed by atoms with Gasteiger partial charge in [0.15, 0.2) is 0 Å². The molecule has 5 nitrogen and oxygen atoms in total. The van der Waals surface area contributed by atoms with Crippen LogP contribution in [0, 0.1) is 11.8 Å². The van der Waals surface area contributed by atoms with Crippen LogP contribution in [0.2, 0.25) is 0 Å². The van der Waals surface area contributed by atoms with E-state index in [-0.39, 0.29) is 12.5 Å². The predicted octanol–water partition coefficient (Wildman–Crippen LogP) is 0.650. The van der Waals surface area contributed by atoms with E-state index >= 15 is 0 Å². The first-order chi connectivity index (χ1) is 9.31. The first kappa shape index (κ1) is 12.9. The van der Waals surface area contributed by atoms with Gasteiger partial charge in [0.1, 0.15) is 0 Å². The number of H-pyrrole nitrogens is 1. The van der Waals surface area contributed by atoms with Gasteiger partial charge in [-0.15, -0.1) is 0 Å². The Labute approximate surface area is 111 Å². The molecule has 4 N–H and O–H groups in total. The third-order valence-corrected chi connectivity index (χ3v) is 2.50. The molecule has 0 aliphatic carbocycles. The maximum Gasteiger partial charge on any atom is 0.252 e. The van der Waals surface area contributed by atoms with Crippen LogP contribution < -0.4 is 11.1 Å². The molecule has 0 radical (unpaired) electrons. The summed E-state index contributed by atoms with van der Waals surface area (Å²) in [6.45, 7) is 0.693. The van der Waals surface area contributed by atoms with Crippen molar-refractivity contribution < 1.29 is 4.79 Å². The van der Waals surface area contributed by atoms with Gasteiger partial charge < -0.3 is 11.1 Å². The van der Waals surface area contributed by atoms with Gasteiger partial charge in [-0.2, -0.15) is 5.10 Å². The van der Waals surface area contributed by atoms with Gasteiger partial charge in [-0.05, 0) is 12.1 Å². The quantitative estimate of drug-likeness (QED) is 0.703. The Hall–Kier alpha value is -2.58. The molecule has 0 atom stereocenters. The van der Waals surface area contributed by atoms with E-state index in [4.69, 9.17) is 5.73 Å². The van der Waals surface area contributed by atoms with Crippen LogP contribution >= 0.6 is 0 Å². The van der Waals surface area contributed by atoms with Crippen LogP contribution in [0.5, 0.6) is 0 Å². The van der Waals surface area contributed by atoms with E-state index in [2.05, 4.69) is 27.4 Å². The first-order valence-electron chi connectivity index (χ1n) is 5.85. The maximum atomic E-state index is 12.1. The highest BCUT2D eigenvalue weighted by atomic mass is 16.1. The fourth-order valence-corrected chi connectivity index (χ4v) is 1.59. The lowest BCUT2D eigenvalue weighted by atomic mass is 10.1. The topological polar surface area (TPSA) is 83.8 Å². The fourth-order valence-electron chi connectivity index (χ4n) is 1.59. The molecule has 0 bridgehead atoms. The van der Waals surface area contributed by atoms with Crippen molar-refractivity contribution in [3.05, 3.63) is 53.3 Å². The molecule has 19 heavy (non-hydrogen) atoms. The second-order valence-electron chi connectivity index (χ2n) is 3.84. The number of carbonyl (C=O) groups is 1. The van der Waals surface area contributed by atoms with E-state index < -0.39 is 0 Å². The third kappa shape index (κ3) is 3.44. The van der Waals surface area contributed by atoms with Crippen LogP contribution in [-0.4, -0.2) is 22.6 Å². The summed E-state index contributed by atoms with van der Waals surface area (Å²) in [5.74, 6) is 5.48. The molecular weight excluding hydrogens is 240 g/mol. The van der Waals surface area contributed by atoms with E-state index in [0.717, 1.165) is 5.56 Å². The Balaban J connectivity index is 2.10. The van der Waals surface area contributed by atoms with Gasteiger partial charge in [-0.1, -0.05) is 24.0 Å². The van der Waals surface area contributed by atoms with Gasteiger partial charge in [0.25, 0.3) is 5.91 Å². The van der Waals surface area contributed by atoms with E-state index in [0.29, 0.717) is 17.7 Å². The first-order valence-corrected chi connectivity index (χ1v) is 5.85. The van der Waals surface area contributed by atoms with E-state index in [1.165, 1.54) is 0 Å². The molecule has 96 valence electrons. The minimum Gasteiger partial charge on any atom is -0.348 e. The summed E-state index contributed by atoms with van der Waals surface area (Å²) in [6.07, 6.45) is 3.40.